The maximum Gasteiger partial charge on any atom is 0.319 e. The molecule has 6 nitrogen and oxygen atoms in total. The molecule has 3 N–H and O–H groups in total. The second-order valence-electron chi connectivity index (χ2n) is 5.16. The highest BCUT2D eigenvalue weighted by Gasteiger charge is 2.21. The Morgan fingerprint density at radius 3 is 3.05 bits per heavy atom. The van der Waals surface area contributed by atoms with Crippen LogP contribution in [0.4, 0.5) is 10.5 Å². The Kier molecular flexibility index (Phi) is 5.55. The van der Waals surface area contributed by atoms with Crippen molar-refractivity contribution < 1.29 is 14.6 Å². The van der Waals surface area contributed by atoms with E-state index >= 15 is 0 Å². The van der Waals surface area contributed by atoms with Gasteiger partial charge >= 0.3 is 6.03 Å². The Balaban J connectivity index is 1.65. The first-order valence-electron chi connectivity index (χ1n) is 6.98. The van der Waals surface area contributed by atoms with Crippen molar-refractivity contribution in [1.82, 2.24) is 5.32 Å². The number of aliphatic hydroxyl groups excluding tert-OH is 1. The predicted octanol–water partition coefficient (Wildman–Crippen LogP) is 1.47. The van der Waals surface area contributed by atoms with Crippen LogP contribution >= 0.6 is 0 Å². The minimum absolute atomic E-state index is 0.119. The molecule has 21 heavy (non-hydrogen) atoms. The fraction of sp³-hybridized carbons (Fsp3) is 0.467. The minimum Gasteiger partial charge on any atom is -0.389 e. The molecule has 0 heterocycles. The summed E-state index contributed by atoms with van der Waals surface area (Å²) in [6.07, 6.45) is 1.69. The Morgan fingerprint density at radius 1 is 1.52 bits per heavy atom. The summed E-state index contributed by atoms with van der Waals surface area (Å²) in [5.41, 5.74) is 1.01. The Labute approximate surface area is 123 Å². The summed E-state index contributed by atoms with van der Waals surface area (Å²) < 4.78 is 5.34. The molecule has 0 radical (unpaired) electrons. The van der Waals surface area contributed by atoms with Crippen LogP contribution < -0.4 is 10.6 Å². The molecule has 1 atom stereocenters. The van der Waals surface area contributed by atoms with E-state index in [0.717, 1.165) is 0 Å². The topological polar surface area (TPSA) is 94.4 Å². The van der Waals surface area contributed by atoms with E-state index in [-0.39, 0.29) is 13.2 Å². The first kappa shape index (κ1) is 15.3. The van der Waals surface area contributed by atoms with Crippen LogP contribution in [0.2, 0.25) is 0 Å². The van der Waals surface area contributed by atoms with Gasteiger partial charge in [0.25, 0.3) is 0 Å². The van der Waals surface area contributed by atoms with Gasteiger partial charge in [0.05, 0.1) is 24.3 Å². The van der Waals surface area contributed by atoms with Crippen molar-refractivity contribution in [3.8, 4) is 6.07 Å². The molecule has 2 amide bonds. The van der Waals surface area contributed by atoms with Gasteiger partial charge < -0.3 is 20.5 Å². The lowest BCUT2D eigenvalue weighted by Gasteiger charge is -2.13. The van der Waals surface area contributed by atoms with Crippen LogP contribution in [0, 0.1) is 17.2 Å². The van der Waals surface area contributed by atoms with Crippen molar-refractivity contribution >= 4 is 11.7 Å². The minimum atomic E-state index is -0.722. The van der Waals surface area contributed by atoms with Crippen molar-refractivity contribution in [2.24, 2.45) is 5.92 Å². The molecule has 1 fully saturated rings. The van der Waals surface area contributed by atoms with Gasteiger partial charge in [-0.25, -0.2) is 4.79 Å². The number of benzene rings is 1. The number of nitrogens with one attached hydrogen (secondary N) is 2. The maximum absolute atomic E-state index is 11.7. The van der Waals surface area contributed by atoms with E-state index in [1.165, 1.54) is 12.8 Å². The fourth-order valence-corrected chi connectivity index (χ4v) is 1.77. The first-order chi connectivity index (χ1) is 10.2. The average molecular weight is 289 g/mol. The molecule has 1 aromatic rings. The predicted molar refractivity (Wildman–Crippen MR) is 77.7 cm³/mol. The number of aliphatic hydroxyl groups is 1. The van der Waals surface area contributed by atoms with E-state index in [9.17, 15) is 9.90 Å². The highest BCUT2D eigenvalue weighted by Crippen LogP contribution is 2.28. The number of hydrogen-bond acceptors (Lipinski definition) is 4. The zero-order valence-corrected chi connectivity index (χ0v) is 11.7. The van der Waals surface area contributed by atoms with Crippen LogP contribution in [0.15, 0.2) is 24.3 Å². The second-order valence-corrected chi connectivity index (χ2v) is 5.16. The van der Waals surface area contributed by atoms with E-state index in [0.29, 0.717) is 23.8 Å². The molecule has 1 aliphatic carbocycles. The van der Waals surface area contributed by atoms with Gasteiger partial charge in [0.15, 0.2) is 0 Å². The Morgan fingerprint density at radius 2 is 2.33 bits per heavy atom. The van der Waals surface area contributed by atoms with Gasteiger partial charge in [-0.2, -0.15) is 5.26 Å². The van der Waals surface area contributed by atoms with Crippen LogP contribution in [0.3, 0.4) is 0 Å². The molecule has 0 saturated heterocycles. The number of rotatable bonds is 7. The van der Waals surface area contributed by atoms with Crippen LogP contribution in [-0.2, 0) is 4.74 Å². The Hall–Kier alpha value is -2.10. The average Bonchev–Trinajstić information content (AvgIpc) is 3.29. The van der Waals surface area contributed by atoms with Gasteiger partial charge in [-0.05, 0) is 37.0 Å². The standard InChI is InChI=1S/C15H19N3O3/c16-7-12-2-1-3-13(6-12)18-15(20)17-8-14(19)10-21-9-11-4-5-11/h1-3,6,11,14,19H,4-5,8-10H2,(H2,17,18,20). The quantitative estimate of drug-likeness (QED) is 0.708. The van der Waals surface area contributed by atoms with Crippen molar-refractivity contribution in [2.75, 3.05) is 25.1 Å². The molecule has 1 aromatic carbocycles. The molecule has 1 aliphatic rings. The van der Waals surface area contributed by atoms with Crippen LogP contribution in [-0.4, -0.2) is 37.0 Å². The molecule has 6 heteroatoms. The van der Waals surface area contributed by atoms with Gasteiger partial charge in [-0.3, -0.25) is 0 Å². The molecule has 0 spiro atoms. The molecule has 0 aliphatic heterocycles. The number of carbonyl (C=O) groups excluding carboxylic acids is 1. The normalized spacial score (nSPS) is 15.0. The first-order valence-corrected chi connectivity index (χ1v) is 6.98. The summed E-state index contributed by atoms with van der Waals surface area (Å²) >= 11 is 0. The number of hydrogen-bond donors (Lipinski definition) is 3. The maximum atomic E-state index is 11.7. The van der Waals surface area contributed by atoms with Crippen molar-refractivity contribution in [1.29, 1.82) is 5.26 Å². The third-order valence-electron chi connectivity index (χ3n) is 3.11. The molecular formula is C15H19N3O3. The Bertz CT molecular complexity index is 523. The zero-order chi connectivity index (χ0) is 15.1. The molecule has 112 valence electrons. The number of carbonyl (C=O) groups is 1. The summed E-state index contributed by atoms with van der Waals surface area (Å²) in [4.78, 5) is 11.7. The smallest absolute Gasteiger partial charge is 0.319 e. The lowest BCUT2D eigenvalue weighted by molar-refractivity contribution is 0.0339. The third-order valence-corrected chi connectivity index (χ3v) is 3.11. The monoisotopic (exact) mass is 289 g/mol. The van der Waals surface area contributed by atoms with Crippen LogP contribution in [0.5, 0.6) is 0 Å². The summed E-state index contributed by atoms with van der Waals surface area (Å²) in [7, 11) is 0. The summed E-state index contributed by atoms with van der Waals surface area (Å²) in [6.45, 7) is 1.03. The molecule has 0 bridgehead atoms. The number of anilines is 1. The molecule has 1 saturated carbocycles. The van der Waals surface area contributed by atoms with Crippen molar-refractivity contribution in [2.45, 2.75) is 18.9 Å². The highest BCUT2D eigenvalue weighted by molar-refractivity contribution is 5.89. The van der Waals surface area contributed by atoms with E-state index in [1.54, 1.807) is 24.3 Å². The van der Waals surface area contributed by atoms with Gasteiger partial charge in [0.1, 0.15) is 0 Å². The molecular weight excluding hydrogens is 270 g/mol. The number of amides is 2. The fourth-order valence-electron chi connectivity index (χ4n) is 1.77. The van der Waals surface area contributed by atoms with Crippen LogP contribution in [0.1, 0.15) is 18.4 Å². The lowest BCUT2D eigenvalue weighted by Crippen LogP contribution is -2.37. The number of urea groups is 1. The van der Waals surface area contributed by atoms with E-state index in [4.69, 9.17) is 10.00 Å². The number of nitriles is 1. The van der Waals surface area contributed by atoms with Crippen LogP contribution in [0.25, 0.3) is 0 Å². The largest absolute Gasteiger partial charge is 0.389 e. The molecule has 0 aromatic heterocycles. The molecule has 2 rings (SSSR count). The number of nitrogens with zero attached hydrogens (tertiary/aromatic N) is 1. The second kappa shape index (κ2) is 7.62. The SMILES string of the molecule is N#Cc1cccc(NC(=O)NCC(O)COCC2CC2)c1. The van der Waals surface area contributed by atoms with Gasteiger partial charge in [-0.1, -0.05) is 6.07 Å². The lowest BCUT2D eigenvalue weighted by atomic mass is 10.2. The van der Waals surface area contributed by atoms with E-state index in [2.05, 4.69) is 10.6 Å². The number of ether oxygens (including phenoxy) is 1. The zero-order valence-electron chi connectivity index (χ0n) is 11.7. The van der Waals surface area contributed by atoms with Crippen molar-refractivity contribution in [3.05, 3.63) is 29.8 Å². The summed E-state index contributed by atoms with van der Waals surface area (Å²) in [6, 6.07) is 8.19. The van der Waals surface area contributed by atoms with Gasteiger partial charge in [0, 0.05) is 18.8 Å². The molecule has 1 unspecified atom stereocenters. The summed E-state index contributed by atoms with van der Waals surface area (Å²) in [5.74, 6) is 0.654. The van der Waals surface area contributed by atoms with Gasteiger partial charge in [-0.15, -0.1) is 0 Å². The third kappa shape index (κ3) is 5.81. The van der Waals surface area contributed by atoms with Crippen molar-refractivity contribution in [3.63, 3.8) is 0 Å². The van der Waals surface area contributed by atoms with Gasteiger partial charge in [0.2, 0.25) is 0 Å². The summed E-state index contributed by atoms with van der Waals surface area (Å²) in [5, 5.41) is 23.6. The highest BCUT2D eigenvalue weighted by atomic mass is 16.5. The van der Waals surface area contributed by atoms with E-state index in [1.807, 2.05) is 6.07 Å². The van der Waals surface area contributed by atoms with E-state index < -0.39 is 12.1 Å².